The molecule has 0 aliphatic carbocycles. The van der Waals surface area contributed by atoms with Gasteiger partial charge in [0.15, 0.2) is 0 Å². The van der Waals surface area contributed by atoms with E-state index < -0.39 is 5.97 Å². The number of halogens is 1. The lowest BCUT2D eigenvalue weighted by Gasteiger charge is -2.26. The smallest absolute Gasteiger partial charge is 0.303 e. The van der Waals surface area contributed by atoms with Crippen molar-refractivity contribution in [2.45, 2.75) is 32.1 Å². The number of carbonyl (C=O) groups excluding carboxylic acids is 1. The van der Waals surface area contributed by atoms with E-state index in [1.807, 2.05) is 4.57 Å². The molecular formula is C17H18FN3O4. The molecule has 1 aromatic heterocycles. The monoisotopic (exact) mass is 347 g/mol. The van der Waals surface area contributed by atoms with E-state index in [2.05, 4.69) is 10.3 Å². The highest BCUT2D eigenvalue weighted by atomic mass is 19.1. The second kappa shape index (κ2) is 7.43. The van der Waals surface area contributed by atoms with Crippen LogP contribution in [-0.4, -0.2) is 39.2 Å². The third-order valence-corrected chi connectivity index (χ3v) is 4.01. The third kappa shape index (κ3) is 4.21. The SMILES string of the molecule is O=C(O)CCC(=O)NC[C@H]1Cn2c(-c3ccc(F)cc3)cnc2CO1. The van der Waals surface area contributed by atoms with E-state index in [1.54, 1.807) is 18.3 Å². The molecule has 0 radical (unpaired) electrons. The Hall–Kier alpha value is -2.74. The van der Waals surface area contributed by atoms with Crippen molar-refractivity contribution in [1.29, 1.82) is 0 Å². The maximum Gasteiger partial charge on any atom is 0.303 e. The summed E-state index contributed by atoms with van der Waals surface area (Å²) in [5.74, 6) is -0.850. The Morgan fingerprint density at radius 2 is 2.08 bits per heavy atom. The highest BCUT2D eigenvalue weighted by Crippen LogP contribution is 2.25. The molecule has 1 aliphatic rings. The molecule has 2 N–H and O–H groups in total. The van der Waals surface area contributed by atoms with Gasteiger partial charge in [0.2, 0.25) is 5.91 Å². The Bertz CT molecular complexity index is 773. The van der Waals surface area contributed by atoms with Crippen LogP contribution < -0.4 is 5.32 Å². The number of nitrogens with one attached hydrogen (secondary N) is 1. The quantitative estimate of drug-likeness (QED) is 0.827. The summed E-state index contributed by atoms with van der Waals surface area (Å²) in [6.07, 6.45) is 1.23. The van der Waals surface area contributed by atoms with Gasteiger partial charge < -0.3 is 19.7 Å². The van der Waals surface area contributed by atoms with E-state index in [-0.39, 0.29) is 30.7 Å². The van der Waals surface area contributed by atoms with Gasteiger partial charge >= 0.3 is 5.97 Å². The van der Waals surface area contributed by atoms with E-state index in [9.17, 15) is 14.0 Å². The molecule has 1 aromatic carbocycles. The molecule has 0 bridgehead atoms. The number of aromatic nitrogens is 2. The summed E-state index contributed by atoms with van der Waals surface area (Å²) in [6, 6.07) is 6.18. The largest absolute Gasteiger partial charge is 0.481 e. The molecule has 0 saturated carbocycles. The zero-order valence-corrected chi connectivity index (χ0v) is 13.4. The number of rotatable bonds is 6. The molecule has 2 heterocycles. The Labute approximate surface area is 143 Å². The normalized spacial score (nSPS) is 16.3. The van der Waals surface area contributed by atoms with Gasteiger partial charge in [-0.3, -0.25) is 9.59 Å². The predicted molar refractivity (Wildman–Crippen MR) is 86.1 cm³/mol. The first kappa shape index (κ1) is 17.1. The van der Waals surface area contributed by atoms with E-state index in [4.69, 9.17) is 9.84 Å². The Balaban J connectivity index is 1.63. The fraction of sp³-hybridized carbons (Fsp3) is 0.353. The van der Waals surface area contributed by atoms with E-state index in [0.717, 1.165) is 17.1 Å². The first-order valence-corrected chi connectivity index (χ1v) is 7.93. The van der Waals surface area contributed by atoms with Gasteiger partial charge in [-0.05, 0) is 29.8 Å². The summed E-state index contributed by atoms with van der Waals surface area (Å²) in [7, 11) is 0. The molecule has 0 saturated heterocycles. The average molecular weight is 347 g/mol. The van der Waals surface area contributed by atoms with Gasteiger partial charge in [-0.15, -0.1) is 0 Å². The van der Waals surface area contributed by atoms with E-state index in [1.165, 1.54) is 12.1 Å². The molecule has 1 aliphatic heterocycles. The van der Waals surface area contributed by atoms with Crippen LogP contribution in [0.3, 0.4) is 0 Å². The van der Waals surface area contributed by atoms with Crippen LogP contribution in [0.4, 0.5) is 4.39 Å². The number of hydrogen-bond donors (Lipinski definition) is 2. The Kier molecular flexibility index (Phi) is 5.08. The topological polar surface area (TPSA) is 93.4 Å². The lowest BCUT2D eigenvalue weighted by molar-refractivity contribution is -0.138. The van der Waals surface area contributed by atoms with Gasteiger partial charge in [0, 0.05) is 13.0 Å². The van der Waals surface area contributed by atoms with Crippen molar-refractivity contribution in [2.24, 2.45) is 0 Å². The van der Waals surface area contributed by atoms with Gasteiger partial charge in [-0.2, -0.15) is 0 Å². The minimum atomic E-state index is -1.00. The number of aliphatic carboxylic acids is 1. The van der Waals surface area contributed by atoms with Gasteiger partial charge in [-0.1, -0.05) is 0 Å². The summed E-state index contributed by atoms with van der Waals surface area (Å²) in [5.41, 5.74) is 1.71. The van der Waals surface area contributed by atoms with Gasteiger partial charge in [-0.25, -0.2) is 9.37 Å². The molecular weight excluding hydrogens is 329 g/mol. The third-order valence-electron chi connectivity index (χ3n) is 4.01. The van der Waals surface area contributed by atoms with Crippen LogP contribution in [0.15, 0.2) is 30.5 Å². The number of nitrogens with zero attached hydrogens (tertiary/aromatic N) is 2. The van der Waals surface area contributed by atoms with Crippen LogP contribution in [0.5, 0.6) is 0 Å². The van der Waals surface area contributed by atoms with Crippen molar-refractivity contribution < 1.29 is 23.8 Å². The van der Waals surface area contributed by atoms with Crippen molar-refractivity contribution in [1.82, 2.24) is 14.9 Å². The highest BCUT2D eigenvalue weighted by Gasteiger charge is 2.23. The Morgan fingerprint density at radius 1 is 1.32 bits per heavy atom. The van der Waals surface area contributed by atoms with E-state index in [0.29, 0.717) is 19.7 Å². The number of carbonyl (C=O) groups is 2. The Morgan fingerprint density at radius 3 is 2.80 bits per heavy atom. The summed E-state index contributed by atoms with van der Waals surface area (Å²) >= 11 is 0. The van der Waals surface area contributed by atoms with Crippen LogP contribution in [0.1, 0.15) is 18.7 Å². The molecule has 7 nitrogen and oxygen atoms in total. The molecule has 0 fully saturated rings. The molecule has 0 unspecified atom stereocenters. The van der Waals surface area contributed by atoms with Crippen LogP contribution >= 0.6 is 0 Å². The molecule has 8 heteroatoms. The molecule has 2 aromatic rings. The van der Waals surface area contributed by atoms with Gasteiger partial charge in [0.1, 0.15) is 18.2 Å². The maximum absolute atomic E-state index is 13.1. The van der Waals surface area contributed by atoms with Crippen LogP contribution in [0, 0.1) is 5.82 Å². The minimum absolute atomic E-state index is 0.0563. The summed E-state index contributed by atoms with van der Waals surface area (Å²) in [6.45, 7) is 1.11. The average Bonchev–Trinajstić information content (AvgIpc) is 3.02. The zero-order valence-electron chi connectivity index (χ0n) is 13.4. The maximum atomic E-state index is 13.1. The number of carboxylic acid groups (broad SMARTS) is 1. The number of imidazole rings is 1. The fourth-order valence-corrected chi connectivity index (χ4v) is 2.69. The summed E-state index contributed by atoms with van der Waals surface area (Å²) < 4.78 is 20.8. The first-order chi connectivity index (χ1) is 12.0. The highest BCUT2D eigenvalue weighted by molar-refractivity contribution is 5.80. The van der Waals surface area contributed by atoms with E-state index >= 15 is 0 Å². The van der Waals surface area contributed by atoms with Crippen LogP contribution in [0.2, 0.25) is 0 Å². The first-order valence-electron chi connectivity index (χ1n) is 7.93. The van der Waals surface area contributed by atoms with Crippen molar-refractivity contribution >= 4 is 11.9 Å². The van der Waals surface area contributed by atoms with Crippen molar-refractivity contribution in [3.05, 3.63) is 42.1 Å². The molecule has 25 heavy (non-hydrogen) atoms. The second-order valence-electron chi connectivity index (χ2n) is 5.81. The van der Waals surface area contributed by atoms with Gasteiger partial charge in [0.25, 0.3) is 0 Å². The second-order valence-corrected chi connectivity index (χ2v) is 5.81. The number of hydrogen-bond acceptors (Lipinski definition) is 4. The van der Waals surface area contributed by atoms with Crippen molar-refractivity contribution in [3.8, 4) is 11.3 Å². The number of carboxylic acids is 1. The van der Waals surface area contributed by atoms with Crippen LogP contribution in [-0.2, 0) is 27.5 Å². The molecule has 3 rings (SSSR count). The van der Waals surface area contributed by atoms with Crippen molar-refractivity contribution in [2.75, 3.05) is 6.54 Å². The number of fused-ring (bicyclic) bond motifs is 1. The van der Waals surface area contributed by atoms with Crippen LogP contribution in [0.25, 0.3) is 11.3 Å². The fourth-order valence-electron chi connectivity index (χ4n) is 2.69. The number of benzene rings is 1. The molecule has 0 spiro atoms. The minimum Gasteiger partial charge on any atom is -0.481 e. The number of ether oxygens (including phenoxy) is 1. The summed E-state index contributed by atoms with van der Waals surface area (Å²) in [4.78, 5) is 26.4. The standard InChI is InChI=1S/C17H18FN3O4/c18-12-3-1-11(2-4-12)14-8-19-15-10-25-13(9-21(14)15)7-20-16(22)5-6-17(23)24/h1-4,8,13H,5-7,9-10H2,(H,20,22)(H,23,24)/t13-/m0/s1. The number of amides is 1. The van der Waals surface area contributed by atoms with Gasteiger partial charge in [0.05, 0.1) is 31.0 Å². The molecule has 132 valence electrons. The summed E-state index contributed by atoms with van der Waals surface area (Å²) in [5, 5.41) is 11.3. The molecule has 1 atom stereocenters. The van der Waals surface area contributed by atoms with Crippen molar-refractivity contribution in [3.63, 3.8) is 0 Å². The predicted octanol–water partition coefficient (Wildman–Crippen LogP) is 1.57. The lowest BCUT2D eigenvalue weighted by Crippen LogP contribution is -2.39. The lowest BCUT2D eigenvalue weighted by atomic mass is 10.1. The zero-order chi connectivity index (χ0) is 17.8. The molecule has 1 amide bonds.